The Morgan fingerprint density at radius 3 is 2.44 bits per heavy atom. The summed E-state index contributed by atoms with van der Waals surface area (Å²) < 4.78 is 23.5. The van der Waals surface area contributed by atoms with E-state index in [1.165, 1.54) is 0 Å². The van der Waals surface area contributed by atoms with E-state index in [4.69, 9.17) is 30.5 Å². The molecule has 2 saturated heterocycles. The van der Waals surface area contributed by atoms with Crippen molar-refractivity contribution in [3.63, 3.8) is 0 Å². The number of carbonyl (C=O) groups excluding carboxylic acids is 2. The first kappa shape index (κ1) is 26.3. The molecule has 0 unspecified atom stereocenters. The SMILES string of the molecule is Cc1cc(OC[C@@]2(CC(=O)N3CCOCC3)CN(C(=O)COc3ccccc3C)CCO2)ccc1Cl. The molecule has 2 aliphatic rings. The molecule has 0 spiro atoms. The summed E-state index contributed by atoms with van der Waals surface area (Å²) in [5.74, 6) is 1.10. The lowest BCUT2D eigenvalue weighted by molar-refractivity contribution is -0.168. The van der Waals surface area contributed by atoms with Gasteiger partial charge in [-0.05, 0) is 49.2 Å². The standard InChI is InChI=1S/C27H33ClN2O6/c1-20-5-3-4-6-24(20)34-17-26(32)30-11-14-36-27(18-30,16-25(31)29-9-12-33-13-10-29)19-35-22-7-8-23(28)21(2)15-22/h3-8,15H,9-14,16-19H2,1-2H3/t27-/m1/s1. The van der Waals surface area contributed by atoms with Crippen LogP contribution < -0.4 is 9.47 Å². The topological polar surface area (TPSA) is 77.5 Å². The van der Waals surface area contributed by atoms with Crippen LogP contribution in [0.25, 0.3) is 0 Å². The molecule has 194 valence electrons. The number of hydrogen-bond acceptors (Lipinski definition) is 6. The molecule has 36 heavy (non-hydrogen) atoms. The first-order valence-electron chi connectivity index (χ1n) is 12.2. The number of hydrogen-bond donors (Lipinski definition) is 0. The summed E-state index contributed by atoms with van der Waals surface area (Å²) in [4.78, 5) is 29.8. The van der Waals surface area contributed by atoms with E-state index in [1.807, 2.05) is 44.2 Å². The maximum atomic E-state index is 13.2. The Balaban J connectivity index is 1.46. The Bertz CT molecular complexity index is 1070. The van der Waals surface area contributed by atoms with Gasteiger partial charge >= 0.3 is 0 Å². The number of ether oxygens (including phenoxy) is 4. The van der Waals surface area contributed by atoms with Crippen molar-refractivity contribution in [1.29, 1.82) is 0 Å². The highest BCUT2D eigenvalue weighted by Gasteiger charge is 2.42. The van der Waals surface area contributed by atoms with Crippen molar-refractivity contribution in [3.05, 3.63) is 58.6 Å². The molecule has 2 aromatic carbocycles. The molecule has 0 aliphatic carbocycles. The fraction of sp³-hybridized carbons (Fsp3) is 0.481. The molecular weight excluding hydrogens is 484 g/mol. The average Bonchev–Trinajstić information content (AvgIpc) is 2.89. The van der Waals surface area contributed by atoms with Crippen LogP contribution in [0, 0.1) is 13.8 Å². The summed E-state index contributed by atoms with van der Waals surface area (Å²) in [5.41, 5.74) is 0.867. The van der Waals surface area contributed by atoms with Crippen LogP contribution in [0.5, 0.6) is 11.5 Å². The summed E-state index contributed by atoms with van der Waals surface area (Å²) in [6, 6.07) is 13.0. The lowest BCUT2D eigenvalue weighted by Gasteiger charge is -2.43. The smallest absolute Gasteiger partial charge is 0.260 e. The number of halogens is 1. The van der Waals surface area contributed by atoms with Gasteiger partial charge in [-0.15, -0.1) is 0 Å². The monoisotopic (exact) mass is 516 g/mol. The van der Waals surface area contributed by atoms with Crippen molar-refractivity contribution >= 4 is 23.4 Å². The van der Waals surface area contributed by atoms with Gasteiger partial charge in [0.15, 0.2) is 6.61 Å². The molecule has 2 aliphatic heterocycles. The molecule has 0 radical (unpaired) electrons. The largest absolute Gasteiger partial charge is 0.490 e. The van der Waals surface area contributed by atoms with Gasteiger partial charge in [0.25, 0.3) is 5.91 Å². The third-order valence-electron chi connectivity index (χ3n) is 6.51. The van der Waals surface area contributed by atoms with Crippen molar-refractivity contribution in [2.24, 2.45) is 0 Å². The molecule has 4 rings (SSSR count). The van der Waals surface area contributed by atoms with E-state index >= 15 is 0 Å². The van der Waals surface area contributed by atoms with Crippen LogP contribution in [0.15, 0.2) is 42.5 Å². The van der Waals surface area contributed by atoms with E-state index in [2.05, 4.69) is 0 Å². The van der Waals surface area contributed by atoms with Gasteiger partial charge in [-0.3, -0.25) is 9.59 Å². The predicted octanol–water partition coefficient (Wildman–Crippen LogP) is 3.26. The lowest BCUT2D eigenvalue weighted by atomic mass is 9.96. The van der Waals surface area contributed by atoms with E-state index in [0.717, 1.165) is 11.1 Å². The van der Waals surface area contributed by atoms with Crippen molar-refractivity contribution in [1.82, 2.24) is 9.80 Å². The van der Waals surface area contributed by atoms with Gasteiger partial charge in [0.2, 0.25) is 5.91 Å². The Morgan fingerprint density at radius 2 is 1.69 bits per heavy atom. The summed E-state index contributed by atoms with van der Waals surface area (Å²) in [6.07, 6.45) is 0.0992. The van der Waals surface area contributed by atoms with Gasteiger partial charge in [0.05, 0.1) is 32.8 Å². The van der Waals surface area contributed by atoms with Crippen LogP contribution in [-0.2, 0) is 19.1 Å². The van der Waals surface area contributed by atoms with E-state index in [0.29, 0.717) is 56.0 Å². The molecule has 2 amide bonds. The molecule has 2 heterocycles. The minimum Gasteiger partial charge on any atom is -0.490 e. The number of rotatable bonds is 8. The second-order valence-corrected chi connectivity index (χ2v) is 9.68. The second-order valence-electron chi connectivity index (χ2n) is 9.27. The molecule has 0 saturated carbocycles. The molecule has 0 bridgehead atoms. The number of benzene rings is 2. The number of morpholine rings is 2. The van der Waals surface area contributed by atoms with Crippen LogP contribution in [0.4, 0.5) is 0 Å². The van der Waals surface area contributed by atoms with Gasteiger partial charge in [-0.2, -0.15) is 0 Å². The summed E-state index contributed by atoms with van der Waals surface area (Å²) in [5, 5.41) is 0.652. The van der Waals surface area contributed by atoms with Gasteiger partial charge in [-0.25, -0.2) is 0 Å². The molecule has 2 fully saturated rings. The molecule has 8 nitrogen and oxygen atoms in total. The number of nitrogens with zero attached hydrogens (tertiary/aromatic N) is 2. The van der Waals surface area contributed by atoms with Gasteiger partial charge in [0.1, 0.15) is 23.7 Å². The predicted molar refractivity (Wildman–Crippen MR) is 136 cm³/mol. The Kier molecular flexibility index (Phi) is 8.72. The van der Waals surface area contributed by atoms with Gasteiger partial charge in [0, 0.05) is 24.7 Å². The molecule has 1 atom stereocenters. The van der Waals surface area contributed by atoms with Crippen molar-refractivity contribution < 1.29 is 28.5 Å². The van der Waals surface area contributed by atoms with E-state index < -0.39 is 5.60 Å². The first-order valence-corrected chi connectivity index (χ1v) is 12.6. The highest BCUT2D eigenvalue weighted by Crippen LogP contribution is 2.28. The third-order valence-corrected chi connectivity index (χ3v) is 6.94. The van der Waals surface area contributed by atoms with Crippen LogP contribution in [0.2, 0.25) is 5.02 Å². The Morgan fingerprint density at radius 1 is 0.944 bits per heavy atom. The summed E-state index contributed by atoms with van der Waals surface area (Å²) in [7, 11) is 0. The average molecular weight is 517 g/mol. The highest BCUT2D eigenvalue weighted by molar-refractivity contribution is 6.31. The molecule has 0 aromatic heterocycles. The normalized spacial score (nSPS) is 20.2. The van der Waals surface area contributed by atoms with Crippen molar-refractivity contribution in [2.75, 3.05) is 59.2 Å². The van der Waals surface area contributed by atoms with Crippen LogP contribution in [0.1, 0.15) is 17.5 Å². The summed E-state index contributed by atoms with van der Waals surface area (Å²) in [6.45, 7) is 6.93. The van der Waals surface area contributed by atoms with Crippen LogP contribution in [-0.4, -0.2) is 86.4 Å². The fourth-order valence-corrected chi connectivity index (χ4v) is 4.49. The highest BCUT2D eigenvalue weighted by atomic mass is 35.5. The number of para-hydroxylation sites is 1. The van der Waals surface area contributed by atoms with Gasteiger partial charge in [-0.1, -0.05) is 29.8 Å². The fourth-order valence-electron chi connectivity index (χ4n) is 4.37. The van der Waals surface area contributed by atoms with Crippen LogP contribution >= 0.6 is 11.6 Å². The van der Waals surface area contributed by atoms with Gasteiger partial charge < -0.3 is 28.7 Å². The zero-order chi connectivity index (χ0) is 25.5. The summed E-state index contributed by atoms with van der Waals surface area (Å²) >= 11 is 6.15. The molecule has 0 N–H and O–H groups in total. The third kappa shape index (κ3) is 6.69. The Labute approximate surface area is 217 Å². The zero-order valence-corrected chi connectivity index (χ0v) is 21.6. The first-order chi connectivity index (χ1) is 17.3. The lowest BCUT2D eigenvalue weighted by Crippen LogP contribution is -2.59. The maximum Gasteiger partial charge on any atom is 0.260 e. The van der Waals surface area contributed by atoms with Crippen LogP contribution in [0.3, 0.4) is 0 Å². The van der Waals surface area contributed by atoms with Crippen molar-refractivity contribution in [2.45, 2.75) is 25.9 Å². The maximum absolute atomic E-state index is 13.2. The molecular formula is C27H33ClN2O6. The molecule has 9 heteroatoms. The van der Waals surface area contributed by atoms with E-state index in [9.17, 15) is 9.59 Å². The minimum absolute atomic E-state index is 0.0420. The number of amides is 2. The number of carbonyl (C=O) groups is 2. The van der Waals surface area contributed by atoms with E-state index in [-0.39, 0.29) is 38.0 Å². The second kappa shape index (κ2) is 12.0. The van der Waals surface area contributed by atoms with E-state index in [1.54, 1.807) is 21.9 Å². The van der Waals surface area contributed by atoms with Crippen molar-refractivity contribution in [3.8, 4) is 11.5 Å². The minimum atomic E-state index is -0.987. The zero-order valence-electron chi connectivity index (χ0n) is 20.8. The number of aryl methyl sites for hydroxylation is 2. The molecule has 2 aromatic rings. The Hall–Kier alpha value is -2.81. The quantitative estimate of drug-likeness (QED) is 0.536.